The van der Waals surface area contributed by atoms with E-state index in [0.717, 1.165) is 23.6 Å². The molecule has 0 bridgehead atoms. The first-order valence-corrected chi connectivity index (χ1v) is 8.41. The summed E-state index contributed by atoms with van der Waals surface area (Å²) in [4.78, 5) is 22.2. The number of carbonyl (C=O) groups excluding carboxylic acids is 1. The molecule has 0 aliphatic heterocycles. The summed E-state index contributed by atoms with van der Waals surface area (Å²) in [5, 5.41) is 19.1. The highest BCUT2D eigenvalue weighted by Gasteiger charge is 2.15. The van der Waals surface area contributed by atoms with E-state index in [9.17, 15) is 14.7 Å². The summed E-state index contributed by atoms with van der Waals surface area (Å²) in [6.07, 6.45) is 4.00. The van der Waals surface area contributed by atoms with Gasteiger partial charge >= 0.3 is 5.97 Å². The van der Waals surface area contributed by atoms with Gasteiger partial charge in [0.2, 0.25) is 0 Å². The Morgan fingerprint density at radius 3 is 2.62 bits per heavy atom. The highest BCUT2D eigenvalue weighted by molar-refractivity contribution is 5.97. The van der Waals surface area contributed by atoms with Gasteiger partial charge in [0.25, 0.3) is 0 Å². The number of carboxylic acid groups (broad SMARTS) is 1. The maximum Gasteiger partial charge on any atom is 0.328 e. The third kappa shape index (κ3) is 4.96. The lowest BCUT2D eigenvalue weighted by Gasteiger charge is -2.15. The Kier molecular flexibility index (Phi) is 6.55. The van der Waals surface area contributed by atoms with E-state index in [0.29, 0.717) is 23.3 Å². The van der Waals surface area contributed by atoms with Gasteiger partial charge in [-0.05, 0) is 48.7 Å². The molecule has 0 amide bonds. The van der Waals surface area contributed by atoms with E-state index >= 15 is 0 Å². The molecule has 0 saturated carbocycles. The predicted molar refractivity (Wildman–Crippen MR) is 99.6 cm³/mol. The Morgan fingerprint density at radius 2 is 1.96 bits per heavy atom. The fourth-order valence-electron chi connectivity index (χ4n) is 2.64. The van der Waals surface area contributed by atoms with E-state index < -0.39 is 5.97 Å². The van der Waals surface area contributed by atoms with Crippen LogP contribution < -0.4 is 4.74 Å². The summed E-state index contributed by atoms with van der Waals surface area (Å²) >= 11 is 0. The van der Waals surface area contributed by atoms with E-state index in [2.05, 4.69) is 0 Å². The third-order valence-corrected chi connectivity index (χ3v) is 3.88. The molecule has 136 valence electrons. The monoisotopic (exact) mass is 354 g/mol. The van der Waals surface area contributed by atoms with Gasteiger partial charge in [0.05, 0.1) is 5.56 Å². The second-order valence-corrected chi connectivity index (χ2v) is 5.95. The number of ether oxygens (including phenoxy) is 1. The SMILES string of the molecule is CCCc1c(OCc2cccc(C=CC(=O)O)c2)ccc(C(C)=O)c1O. The number of carboxylic acids is 1. The van der Waals surface area contributed by atoms with Crippen LogP contribution >= 0.6 is 0 Å². The highest BCUT2D eigenvalue weighted by atomic mass is 16.5. The average molecular weight is 354 g/mol. The van der Waals surface area contributed by atoms with Crippen molar-refractivity contribution < 1.29 is 24.5 Å². The van der Waals surface area contributed by atoms with Crippen molar-refractivity contribution in [1.82, 2.24) is 0 Å². The molecule has 2 N–H and O–H groups in total. The van der Waals surface area contributed by atoms with Crippen LogP contribution in [0.25, 0.3) is 6.08 Å². The maximum absolute atomic E-state index is 11.6. The summed E-state index contributed by atoms with van der Waals surface area (Å²) in [6, 6.07) is 10.6. The Labute approximate surface area is 152 Å². The van der Waals surface area contributed by atoms with Gasteiger partial charge in [-0.3, -0.25) is 4.79 Å². The number of hydrogen-bond acceptors (Lipinski definition) is 4. The number of ketones is 1. The molecule has 0 heterocycles. The van der Waals surface area contributed by atoms with Gasteiger partial charge in [-0.1, -0.05) is 31.5 Å². The van der Waals surface area contributed by atoms with Crippen molar-refractivity contribution >= 4 is 17.8 Å². The first-order chi connectivity index (χ1) is 12.4. The van der Waals surface area contributed by atoms with Crippen molar-refractivity contribution in [3.05, 3.63) is 64.7 Å². The molecule has 0 aliphatic carbocycles. The van der Waals surface area contributed by atoms with Crippen LogP contribution in [0.1, 0.15) is 47.3 Å². The average Bonchev–Trinajstić information content (AvgIpc) is 2.60. The third-order valence-electron chi connectivity index (χ3n) is 3.88. The van der Waals surface area contributed by atoms with Crippen LogP contribution in [0, 0.1) is 0 Å². The molecule has 0 atom stereocenters. The van der Waals surface area contributed by atoms with Gasteiger partial charge in [-0.15, -0.1) is 0 Å². The zero-order valence-electron chi connectivity index (χ0n) is 14.9. The molecular formula is C21H22O5. The molecule has 26 heavy (non-hydrogen) atoms. The Hall–Kier alpha value is -3.08. The molecule has 0 spiro atoms. The number of rotatable bonds is 8. The number of carbonyl (C=O) groups is 2. The predicted octanol–water partition coefficient (Wildman–Crippen LogP) is 4.22. The van der Waals surface area contributed by atoms with E-state index in [1.54, 1.807) is 18.2 Å². The molecule has 0 radical (unpaired) electrons. The van der Waals surface area contributed by atoms with Crippen LogP contribution in [0.3, 0.4) is 0 Å². The van der Waals surface area contributed by atoms with E-state index in [1.807, 2.05) is 25.1 Å². The minimum Gasteiger partial charge on any atom is -0.507 e. The van der Waals surface area contributed by atoms with Crippen LogP contribution in [0.15, 0.2) is 42.5 Å². The van der Waals surface area contributed by atoms with Gasteiger partial charge < -0.3 is 14.9 Å². The lowest BCUT2D eigenvalue weighted by atomic mass is 10.0. The van der Waals surface area contributed by atoms with E-state index in [4.69, 9.17) is 9.84 Å². The zero-order chi connectivity index (χ0) is 19.1. The first kappa shape index (κ1) is 19.2. The number of aliphatic carboxylic acids is 1. The fourth-order valence-corrected chi connectivity index (χ4v) is 2.64. The van der Waals surface area contributed by atoms with Crippen molar-refractivity contribution in [2.45, 2.75) is 33.3 Å². The number of benzene rings is 2. The van der Waals surface area contributed by atoms with E-state index in [1.165, 1.54) is 13.0 Å². The summed E-state index contributed by atoms with van der Waals surface area (Å²) in [7, 11) is 0. The number of Topliss-reactive ketones (excluding diaryl/α,β-unsaturated/α-hetero) is 1. The summed E-state index contributed by atoms with van der Waals surface area (Å²) in [5.74, 6) is -0.669. The number of phenols is 1. The first-order valence-electron chi connectivity index (χ1n) is 8.41. The number of hydrogen-bond donors (Lipinski definition) is 2. The number of aromatic hydroxyl groups is 1. The summed E-state index contributed by atoms with van der Waals surface area (Å²) in [6.45, 7) is 3.67. The van der Waals surface area contributed by atoms with Crippen LogP contribution in [-0.4, -0.2) is 22.0 Å². The molecule has 2 rings (SSSR count). The molecule has 0 aromatic heterocycles. The topological polar surface area (TPSA) is 83.8 Å². The molecule has 0 saturated heterocycles. The van der Waals surface area contributed by atoms with Crippen molar-refractivity contribution in [2.24, 2.45) is 0 Å². The molecule has 2 aromatic rings. The lowest BCUT2D eigenvalue weighted by Crippen LogP contribution is -2.02. The minimum atomic E-state index is -1.00. The number of phenolic OH excluding ortho intramolecular Hbond substituents is 1. The van der Waals surface area contributed by atoms with Crippen LogP contribution in [-0.2, 0) is 17.8 Å². The molecular weight excluding hydrogens is 332 g/mol. The minimum absolute atomic E-state index is 0.0185. The van der Waals surface area contributed by atoms with E-state index in [-0.39, 0.29) is 18.1 Å². The van der Waals surface area contributed by atoms with Crippen molar-refractivity contribution in [3.63, 3.8) is 0 Å². The lowest BCUT2D eigenvalue weighted by molar-refractivity contribution is -0.131. The second-order valence-electron chi connectivity index (χ2n) is 5.95. The second kappa shape index (κ2) is 8.85. The van der Waals surface area contributed by atoms with Gasteiger partial charge in [-0.25, -0.2) is 4.79 Å². The quantitative estimate of drug-likeness (QED) is 0.548. The summed E-state index contributed by atoms with van der Waals surface area (Å²) < 4.78 is 5.86. The molecule has 0 aliphatic rings. The van der Waals surface area contributed by atoms with Crippen molar-refractivity contribution in [1.29, 1.82) is 0 Å². The molecule has 0 fully saturated rings. The Balaban J connectivity index is 2.21. The highest BCUT2D eigenvalue weighted by Crippen LogP contribution is 2.33. The Morgan fingerprint density at radius 1 is 1.19 bits per heavy atom. The van der Waals surface area contributed by atoms with Crippen LogP contribution in [0.5, 0.6) is 11.5 Å². The fraction of sp³-hybridized carbons (Fsp3) is 0.238. The molecule has 0 unspecified atom stereocenters. The van der Waals surface area contributed by atoms with Crippen LogP contribution in [0.4, 0.5) is 0 Å². The summed E-state index contributed by atoms with van der Waals surface area (Å²) in [5.41, 5.74) is 2.55. The maximum atomic E-state index is 11.6. The standard InChI is InChI=1S/C21H22O5/c1-3-5-18-19(10-9-17(14(2)22)21(18)25)26-13-16-7-4-6-15(12-16)8-11-20(23)24/h4,6-12,25H,3,5,13H2,1-2H3,(H,23,24). The zero-order valence-corrected chi connectivity index (χ0v) is 14.9. The van der Waals surface area contributed by atoms with Crippen molar-refractivity contribution in [3.8, 4) is 11.5 Å². The molecule has 5 nitrogen and oxygen atoms in total. The van der Waals surface area contributed by atoms with Gasteiger partial charge in [0.1, 0.15) is 18.1 Å². The smallest absolute Gasteiger partial charge is 0.328 e. The Bertz CT molecular complexity index is 836. The van der Waals surface area contributed by atoms with Crippen molar-refractivity contribution in [2.75, 3.05) is 0 Å². The van der Waals surface area contributed by atoms with Gasteiger partial charge in [0, 0.05) is 11.6 Å². The molecule has 5 heteroatoms. The van der Waals surface area contributed by atoms with Gasteiger partial charge in [0.15, 0.2) is 5.78 Å². The normalized spacial score (nSPS) is 10.8. The molecule has 2 aromatic carbocycles. The largest absolute Gasteiger partial charge is 0.507 e. The van der Waals surface area contributed by atoms with Gasteiger partial charge in [-0.2, -0.15) is 0 Å². The van der Waals surface area contributed by atoms with Crippen LogP contribution in [0.2, 0.25) is 0 Å².